The van der Waals surface area contributed by atoms with Crippen molar-refractivity contribution in [1.29, 1.82) is 0 Å². The lowest BCUT2D eigenvalue weighted by Gasteiger charge is -2.09. The number of rotatable bonds is 1. The molecule has 0 saturated heterocycles. The van der Waals surface area contributed by atoms with Crippen LogP contribution in [-0.4, -0.2) is 9.97 Å². The predicted octanol–water partition coefficient (Wildman–Crippen LogP) is 2.90. The molecule has 66 valence electrons. The first-order chi connectivity index (χ1) is 5.41. The average Bonchev–Trinajstić information content (AvgIpc) is 1.83. The normalized spacial score (nSPS) is 11.8. The highest BCUT2D eigenvalue weighted by molar-refractivity contribution is 6.32. The molecule has 0 aliphatic rings. The van der Waals surface area contributed by atoms with Crippen molar-refractivity contribution < 1.29 is 8.78 Å². The second kappa shape index (κ2) is 3.11. The molecule has 12 heavy (non-hydrogen) atoms. The van der Waals surface area contributed by atoms with E-state index in [2.05, 4.69) is 9.97 Å². The number of halogens is 4. The molecule has 1 rings (SSSR count). The van der Waals surface area contributed by atoms with Crippen LogP contribution in [0.1, 0.15) is 12.6 Å². The summed E-state index contributed by atoms with van der Waals surface area (Å²) in [5, 5.41) is -0.372. The van der Waals surface area contributed by atoms with Gasteiger partial charge in [-0.1, -0.05) is 23.2 Å². The van der Waals surface area contributed by atoms with Gasteiger partial charge in [0.25, 0.3) is 5.92 Å². The summed E-state index contributed by atoms with van der Waals surface area (Å²) in [5.74, 6) is -3.09. The van der Waals surface area contributed by atoms with Gasteiger partial charge in [0.15, 0.2) is 5.15 Å². The van der Waals surface area contributed by atoms with Crippen LogP contribution < -0.4 is 0 Å². The molecule has 0 aromatic carbocycles. The van der Waals surface area contributed by atoms with Crippen LogP contribution in [-0.2, 0) is 5.92 Å². The summed E-state index contributed by atoms with van der Waals surface area (Å²) in [6.45, 7) is 0.691. The van der Waals surface area contributed by atoms with Crippen molar-refractivity contribution in [2.45, 2.75) is 12.8 Å². The minimum absolute atomic E-state index is 0.00648. The van der Waals surface area contributed by atoms with Gasteiger partial charge in [0, 0.05) is 6.92 Å². The van der Waals surface area contributed by atoms with Gasteiger partial charge in [-0.25, -0.2) is 9.97 Å². The Morgan fingerprint density at radius 3 is 2.42 bits per heavy atom. The minimum atomic E-state index is -3.09. The van der Waals surface area contributed by atoms with Gasteiger partial charge in [0.1, 0.15) is 10.8 Å². The van der Waals surface area contributed by atoms with Crippen molar-refractivity contribution in [1.82, 2.24) is 9.97 Å². The Labute approximate surface area is 77.5 Å². The molecule has 2 nitrogen and oxygen atoms in total. The highest BCUT2D eigenvalue weighted by Gasteiger charge is 2.29. The minimum Gasteiger partial charge on any atom is -0.248 e. The Morgan fingerprint density at radius 2 is 2.00 bits per heavy atom. The van der Waals surface area contributed by atoms with E-state index in [-0.39, 0.29) is 10.3 Å². The number of hydrogen-bond donors (Lipinski definition) is 0. The number of aromatic nitrogens is 2. The van der Waals surface area contributed by atoms with Crippen LogP contribution in [0.15, 0.2) is 6.20 Å². The molecule has 6 heteroatoms. The zero-order valence-corrected chi connectivity index (χ0v) is 7.50. The summed E-state index contributed by atoms with van der Waals surface area (Å²) >= 11 is 10.7. The fraction of sp³-hybridized carbons (Fsp3) is 0.333. The van der Waals surface area contributed by atoms with Crippen molar-refractivity contribution >= 4 is 23.2 Å². The summed E-state index contributed by atoms with van der Waals surface area (Å²) in [6, 6.07) is 0. The maximum Gasteiger partial charge on any atom is 0.290 e. The third kappa shape index (κ3) is 2.01. The molecule has 0 bridgehead atoms. The average molecular weight is 213 g/mol. The molecule has 0 atom stereocenters. The molecule has 0 saturated carbocycles. The lowest BCUT2D eigenvalue weighted by Crippen LogP contribution is -2.11. The lowest BCUT2D eigenvalue weighted by atomic mass is 10.3. The van der Waals surface area contributed by atoms with Crippen LogP contribution in [0.3, 0.4) is 0 Å². The molecule has 0 aliphatic carbocycles. The molecule has 0 fully saturated rings. The smallest absolute Gasteiger partial charge is 0.248 e. The Bertz CT molecular complexity index is 298. The SMILES string of the molecule is CC(F)(F)c1ncc(Cl)nc1Cl. The van der Waals surface area contributed by atoms with Crippen LogP contribution in [0.2, 0.25) is 10.3 Å². The molecule has 0 N–H and O–H groups in total. The second-order valence-corrected chi connectivity index (χ2v) is 2.97. The summed E-state index contributed by atoms with van der Waals surface area (Å²) in [4.78, 5) is 6.80. The molecule has 0 radical (unpaired) electrons. The van der Waals surface area contributed by atoms with Gasteiger partial charge in [0.05, 0.1) is 6.20 Å². The molecule has 1 aromatic heterocycles. The monoisotopic (exact) mass is 212 g/mol. The fourth-order valence-electron chi connectivity index (χ4n) is 0.641. The van der Waals surface area contributed by atoms with Crippen molar-refractivity contribution in [2.24, 2.45) is 0 Å². The Balaban J connectivity index is 3.19. The summed E-state index contributed by atoms with van der Waals surface area (Å²) in [6.07, 6.45) is 1.03. The van der Waals surface area contributed by atoms with Gasteiger partial charge in [-0.2, -0.15) is 8.78 Å². The van der Waals surface area contributed by atoms with Crippen LogP contribution in [0.25, 0.3) is 0 Å². The number of alkyl halides is 2. The zero-order valence-electron chi connectivity index (χ0n) is 5.98. The second-order valence-electron chi connectivity index (χ2n) is 2.22. The van der Waals surface area contributed by atoms with E-state index in [1.54, 1.807) is 0 Å². The van der Waals surface area contributed by atoms with Gasteiger partial charge < -0.3 is 0 Å². The summed E-state index contributed by atoms with van der Waals surface area (Å²) in [5.41, 5.74) is -0.562. The first-order valence-electron chi connectivity index (χ1n) is 2.97. The topological polar surface area (TPSA) is 25.8 Å². The summed E-state index contributed by atoms with van der Waals surface area (Å²) < 4.78 is 25.2. The maximum atomic E-state index is 12.6. The number of nitrogens with zero attached hydrogens (tertiary/aromatic N) is 2. The molecular weight excluding hydrogens is 209 g/mol. The van der Waals surface area contributed by atoms with Gasteiger partial charge >= 0.3 is 0 Å². The third-order valence-corrected chi connectivity index (χ3v) is 1.56. The summed E-state index contributed by atoms with van der Waals surface area (Å²) in [7, 11) is 0. The Morgan fingerprint density at radius 1 is 1.42 bits per heavy atom. The first kappa shape index (κ1) is 9.61. The van der Waals surface area contributed by atoms with E-state index in [1.165, 1.54) is 0 Å². The van der Waals surface area contributed by atoms with Gasteiger partial charge in [-0.05, 0) is 0 Å². The molecule has 0 unspecified atom stereocenters. The fourth-order valence-corrected chi connectivity index (χ4v) is 1.12. The van der Waals surface area contributed by atoms with E-state index in [0.717, 1.165) is 6.20 Å². The quantitative estimate of drug-likeness (QED) is 0.716. The number of hydrogen-bond acceptors (Lipinski definition) is 2. The molecule has 0 amide bonds. The lowest BCUT2D eigenvalue weighted by molar-refractivity contribution is 0.0125. The van der Waals surface area contributed by atoms with Crippen molar-refractivity contribution in [3.8, 4) is 0 Å². The highest BCUT2D eigenvalue weighted by Crippen LogP contribution is 2.30. The van der Waals surface area contributed by atoms with Crippen LogP contribution in [0.5, 0.6) is 0 Å². The standard InChI is InChI=1S/C6H4Cl2F2N2/c1-6(9,10)4-5(8)12-3(7)2-11-4/h2H,1H3. The molecule has 1 aromatic rings. The van der Waals surface area contributed by atoms with Gasteiger partial charge in [-0.3, -0.25) is 0 Å². The van der Waals surface area contributed by atoms with E-state index in [4.69, 9.17) is 23.2 Å². The van der Waals surface area contributed by atoms with E-state index >= 15 is 0 Å². The molecular formula is C6H4Cl2F2N2. The molecule has 0 spiro atoms. The van der Waals surface area contributed by atoms with Crippen LogP contribution >= 0.6 is 23.2 Å². The van der Waals surface area contributed by atoms with Crippen molar-refractivity contribution in [3.63, 3.8) is 0 Å². The molecule has 0 aliphatic heterocycles. The Hall–Kier alpha value is -0.480. The highest BCUT2D eigenvalue weighted by atomic mass is 35.5. The van der Waals surface area contributed by atoms with E-state index in [9.17, 15) is 8.78 Å². The van der Waals surface area contributed by atoms with Crippen molar-refractivity contribution in [3.05, 3.63) is 22.2 Å². The zero-order chi connectivity index (χ0) is 9.35. The molecule has 1 heterocycles. The van der Waals surface area contributed by atoms with E-state index < -0.39 is 11.6 Å². The Kier molecular flexibility index (Phi) is 2.49. The van der Waals surface area contributed by atoms with Crippen LogP contribution in [0.4, 0.5) is 8.78 Å². The predicted molar refractivity (Wildman–Crippen MR) is 41.6 cm³/mol. The van der Waals surface area contributed by atoms with Gasteiger partial charge in [-0.15, -0.1) is 0 Å². The van der Waals surface area contributed by atoms with Crippen molar-refractivity contribution in [2.75, 3.05) is 0 Å². The van der Waals surface area contributed by atoms with Crippen LogP contribution in [0, 0.1) is 0 Å². The first-order valence-corrected chi connectivity index (χ1v) is 3.73. The van der Waals surface area contributed by atoms with Gasteiger partial charge in [0.2, 0.25) is 0 Å². The van der Waals surface area contributed by atoms with E-state index in [1.807, 2.05) is 0 Å². The maximum absolute atomic E-state index is 12.6. The third-order valence-electron chi connectivity index (χ3n) is 1.12. The largest absolute Gasteiger partial charge is 0.290 e. The van der Waals surface area contributed by atoms with E-state index in [0.29, 0.717) is 6.92 Å².